The summed E-state index contributed by atoms with van der Waals surface area (Å²) in [4.78, 5) is 0. The first kappa shape index (κ1) is 12.3. The zero-order valence-corrected chi connectivity index (χ0v) is 10.2. The van der Waals surface area contributed by atoms with Crippen LogP contribution in [-0.4, -0.2) is 6.04 Å². The van der Waals surface area contributed by atoms with Gasteiger partial charge in [0.25, 0.3) is 0 Å². The lowest BCUT2D eigenvalue weighted by atomic mass is 10.1. The van der Waals surface area contributed by atoms with Crippen LogP contribution in [-0.2, 0) is 6.54 Å². The minimum atomic E-state index is -0.295. The molecule has 0 amide bonds. The molecule has 0 aromatic heterocycles. The van der Waals surface area contributed by atoms with Gasteiger partial charge in [0.05, 0.1) is 12.0 Å². The molecule has 0 heterocycles. The number of rotatable bonds is 3. The zero-order chi connectivity index (χ0) is 12.3. The summed E-state index contributed by atoms with van der Waals surface area (Å²) >= 11 is 5.94. The molecule has 1 aliphatic carbocycles. The normalized spacial score (nSPS) is 23.6. The number of nitrogens with one attached hydrogen (secondary N) is 1. The molecule has 1 N–H and O–H groups in total. The quantitative estimate of drug-likeness (QED) is 0.896. The molecule has 2 unspecified atom stereocenters. The van der Waals surface area contributed by atoms with E-state index in [9.17, 15) is 4.39 Å². The van der Waals surface area contributed by atoms with E-state index in [2.05, 4.69) is 11.4 Å². The van der Waals surface area contributed by atoms with Crippen LogP contribution in [0.25, 0.3) is 0 Å². The first-order valence-corrected chi connectivity index (χ1v) is 6.16. The Kier molecular flexibility index (Phi) is 3.98. The van der Waals surface area contributed by atoms with Crippen molar-refractivity contribution in [1.29, 1.82) is 5.26 Å². The summed E-state index contributed by atoms with van der Waals surface area (Å²) in [5, 5.41) is 12.6. The Morgan fingerprint density at radius 2 is 2.29 bits per heavy atom. The van der Waals surface area contributed by atoms with Crippen molar-refractivity contribution < 1.29 is 4.39 Å². The third kappa shape index (κ3) is 2.77. The van der Waals surface area contributed by atoms with Gasteiger partial charge in [-0.3, -0.25) is 0 Å². The molecule has 17 heavy (non-hydrogen) atoms. The largest absolute Gasteiger partial charge is 0.308 e. The monoisotopic (exact) mass is 252 g/mol. The third-order valence-corrected chi connectivity index (χ3v) is 3.64. The van der Waals surface area contributed by atoms with Crippen LogP contribution in [0.1, 0.15) is 24.8 Å². The van der Waals surface area contributed by atoms with Gasteiger partial charge in [0, 0.05) is 23.2 Å². The summed E-state index contributed by atoms with van der Waals surface area (Å²) in [7, 11) is 0. The smallest absolute Gasteiger partial charge is 0.129 e. The van der Waals surface area contributed by atoms with E-state index in [-0.39, 0.29) is 17.8 Å². The molecule has 2 atom stereocenters. The van der Waals surface area contributed by atoms with Gasteiger partial charge in [-0.05, 0) is 25.0 Å². The molecule has 1 saturated carbocycles. The van der Waals surface area contributed by atoms with Gasteiger partial charge in [-0.15, -0.1) is 0 Å². The molecule has 1 fully saturated rings. The highest BCUT2D eigenvalue weighted by Gasteiger charge is 2.26. The Morgan fingerprint density at radius 3 is 3.00 bits per heavy atom. The Hall–Kier alpha value is -1.11. The van der Waals surface area contributed by atoms with Crippen molar-refractivity contribution in [3.8, 4) is 6.07 Å². The van der Waals surface area contributed by atoms with Crippen molar-refractivity contribution in [2.45, 2.75) is 31.8 Å². The molecule has 0 radical (unpaired) electrons. The minimum absolute atomic E-state index is 0.0422. The maximum atomic E-state index is 13.5. The lowest BCUT2D eigenvalue weighted by Gasteiger charge is -2.16. The molecule has 0 spiro atoms. The van der Waals surface area contributed by atoms with E-state index in [0.29, 0.717) is 17.1 Å². The maximum absolute atomic E-state index is 13.5. The number of hydrogen-bond donors (Lipinski definition) is 1. The van der Waals surface area contributed by atoms with Gasteiger partial charge in [0.2, 0.25) is 0 Å². The van der Waals surface area contributed by atoms with Crippen molar-refractivity contribution in [3.63, 3.8) is 0 Å². The minimum Gasteiger partial charge on any atom is -0.308 e. The SMILES string of the molecule is N#CC1CCCC1NCc1c(F)cccc1Cl. The van der Waals surface area contributed by atoms with Crippen molar-refractivity contribution >= 4 is 11.6 Å². The summed E-state index contributed by atoms with van der Waals surface area (Å²) < 4.78 is 13.5. The molecule has 4 heteroatoms. The van der Waals surface area contributed by atoms with Crippen molar-refractivity contribution in [1.82, 2.24) is 5.32 Å². The Labute approximate surface area is 105 Å². The average Bonchev–Trinajstić information content (AvgIpc) is 2.76. The topological polar surface area (TPSA) is 35.8 Å². The number of benzene rings is 1. The van der Waals surface area contributed by atoms with Crippen LogP contribution >= 0.6 is 11.6 Å². The lowest BCUT2D eigenvalue weighted by Crippen LogP contribution is -2.31. The molecule has 1 aliphatic rings. The van der Waals surface area contributed by atoms with Gasteiger partial charge >= 0.3 is 0 Å². The Morgan fingerprint density at radius 1 is 1.47 bits per heavy atom. The highest BCUT2D eigenvalue weighted by molar-refractivity contribution is 6.31. The zero-order valence-electron chi connectivity index (χ0n) is 9.42. The molecule has 90 valence electrons. The first-order chi connectivity index (χ1) is 8.22. The van der Waals surface area contributed by atoms with Gasteiger partial charge < -0.3 is 5.32 Å². The summed E-state index contributed by atoms with van der Waals surface area (Å²) in [6.07, 6.45) is 2.96. The van der Waals surface area contributed by atoms with E-state index in [4.69, 9.17) is 16.9 Å². The summed E-state index contributed by atoms with van der Waals surface area (Å²) in [5.74, 6) is -0.253. The molecule has 2 rings (SSSR count). The third-order valence-electron chi connectivity index (χ3n) is 3.28. The van der Waals surface area contributed by atoms with Crippen LogP contribution in [0.15, 0.2) is 18.2 Å². The van der Waals surface area contributed by atoms with Crippen molar-refractivity contribution in [3.05, 3.63) is 34.6 Å². The fourth-order valence-corrected chi connectivity index (χ4v) is 2.52. The van der Waals surface area contributed by atoms with Gasteiger partial charge in [0.1, 0.15) is 5.82 Å². The molecule has 1 aromatic carbocycles. The highest BCUT2D eigenvalue weighted by Crippen LogP contribution is 2.26. The second kappa shape index (κ2) is 5.48. The van der Waals surface area contributed by atoms with Crippen LogP contribution < -0.4 is 5.32 Å². The van der Waals surface area contributed by atoms with Gasteiger partial charge in [-0.2, -0.15) is 5.26 Å². The second-order valence-corrected chi connectivity index (χ2v) is 4.76. The van der Waals surface area contributed by atoms with Crippen LogP contribution in [0.5, 0.6) is 0 Å². The van der Waals surface area contributed by atoms with Gasteiger partial charge in [-0.1, -0.05) is 24.1 Å². The lowest BCUT2D eigenvalue weighted by molar-refractivity contribution is 0.457. The fraction of sp³-hybridized carbons (Fsp3) is 0.462. The predicted molar refractivity (Wildman–Crippen MR) is 65.0 cm³/mol. The number of hydrogen-bond acceptors (Lipinski definition) is 2. The second-order valence-electron chi connectivity index (χ2n) is 4.35. The van der Waals surface area contributed by atoms with E-state index < -0.39 is 0 Å². The first-order valence-electron chi connectivity index (χ1n) is 5.78. The van der Waals surface area contributed by atoms with Crippen LogP contribution in [0.3, 0.4) is 0 Å². The van der Waals surface area contributed by atoms with E-state index >= 15 is 0 Å². The van der Waals surface area contributed by atoms with E-state index in [1.165, 1.54) is 6.07 Å². The van der Waals surface area contributed by atoms with Crippen molar-refractivity contribution in [2.24, 2.45) is 5.92 Å². The molecule has 1 aromatic rings. The van der Waals surface area contributed by atoms with E-state index in [0.717, 1.165) is 19.3 Å². The number of halogens is 2. The fourth-order valence-electron chi connectivity index (χ4n) is 2.29. The molecular formula is C13H14ClFN2. The molecule has 0 saturated heterocycles. The molecule has 2 nitrogen and oxygen atoms in total. The number of nitrogens with zero attached hydrogens (tertiary/aromatic N) is 1. The Bertz CT molecular complexity index is 421. The molecular weight excluding hydrogens is 239 g/mol. The average molecular weight is 253 g/mol. The molecule has 0 aliphatic heterocycles. The summed E-state index contributed by atoms with van der Waals surface area (Å²) in [6, 6.07) is 7.13. The predicted octanol–water partition coefficient (Wildman–Crippen LogP) is 3.26. The van der Waals surface area contributed by atoms with Crippen LogP contribution in [0.4, 0.5) is 4.39 Å². The maximum Gasteiger partial charge on any atom is 0.129 e. The molecule has 0 bridgehead atoms. The van der Waals surface area contributed by atoms with Gasteiger partial charge in [-0.25, -0.2) is 4.39 Å². The van der Waals surface area contributed by atoms with Crippen LogP contribution in [0, 0.1) is 23.1 Å². The van der Waals surface area contributed by atoms with Gasteiger partial charge in [0.15, 0.2) is 0 Å². The summed E-state index contributed by atoms with van der Waals surface area (Å²) in [6.45, 7) is 0.383. The van der Waals surface area contributed by atoms with E-state index in [1.54, 1.807) is 12.1 Å². The van der Waals surface area contributed by atoms with Crippen molar-refractivity contribution in [2.75, 3.05) is 0 Å². The van der Waals surface area contributed by atoms with E-state index in [1.807, 2.05) is 0 Å². The standard InChI is InChI=1S/C13H14ClFN2/c14-11-4-2-5-12(15)10(11)8-17-13-6-1-3-9(13)7-16/h2,4-5,9,13,17H,1,3,6,8H2. The van der Waals surface area contributed by atoms with Crippen LogP contribution in [0.2, 0.25) is 5.02 Å². The Balaban J connectivity index is 2.01. The number of nitriles is 1. The highest BCUT2D eigenvalue weighted by atomic mass is 35.5. The summed E-state index contributed by atoms with van der Waals surface area (Å²) in [5.41, 5.74) is 0.484.